The molecule has 1 saturated heterocycles. The normalized spacial score (nSPS) is 15.7. The van der Waals surface area contributed by atoms with Crippen LogP contribution in [0.25, 0.3) is 11.4 Å². The molecule has 0 saturated carbocycles. The van der Waals surface area contributed by atoms with E-state index in [-0.39, 0.29) is 5.91 Å². The minimum Gasteiger partial charge on any atom is -0.339 e. The summed E-state index contributed by atoms with van der Waals surface area (Å²) in [7, 11) is 3.92. The number of hydrogen-bond donors (Lipinski definition) is 0. The van der Waals surface area contributed by atoms with Crippen molar-refractivity contribution in [2.45, 2.75) is 5.16 Å². The summed E-state index contributed by atoms with van der Waals surface area (Å²) in [6.45, 7) is 3.46. The van der Waals surface area contributed by atoms with Gasteiger partial charge in [-0.1, -0.05) is 23.4 Å². The Labute approximate surface area is 150 Å². The van der Waals surface area contributed by atoms with Crippen molar-refractivity contribution >= 4 is 29.3 Å². The molecule has 0 radical (unpaired) electrons. The van der Waals surface area contributed by atoms with Crippen molar-refractivity contribution < 1.29 is 4.79 Å². The number of aromatic nitrogens is 3. The molecule has 1 aromatic carbocycles. The summed E-state index contributed by atoms with van der Waals surface area (Å²) in [5.41, 5.74) is 0.909. The molecule has 0 aliphatic carbocycles. The van der Waals surface area contributed by atoms with Gasteiger partial charge in [0.2, 0.25) is 5.91 Å². The van der Waals surface area contributed by atoms with E-state index in [1.165, 1.54) is 11.8 Å². The summed E-state index contributed by atoms with van der Waals surface area (Å²) >= 11 is 7.33. The maximum atomic E-state index is 12.3. The van der Waals surface area contributed by atoms with Gasteiger partial charge in [-0.3, -0.25) is 4.79 Å². The van der Waals surface area contributed by atoms with Gasteiger partial charge >= 0.3 is 0 Å². The molecule has 24 heavy (non-hydrogen) atoms. The zero-order valence-electron chi connectivity index (χ0n) is 13.8. The number of carbonyl (C=O) groups excluding carboxylic acids is 1. The molecule has 2 heterocycles. The SMILES string of the molecule is CN1CCN(C(=O)CSc2nc(-c3ccc(Cl)cc3)nn2C)CC1. The fourth-order valence-electron chi connectivity index (χ4n) is 2.49. The van der Waals surface area contributed by atoms with E-state index < -0.39 is 0 Å². The number of aryl methyl sites for hydroxylation is 1. The Balaban J connectivity index is 1.61. The van der Waals surface area contributed by atoms with Gasteiger partial charge in [-0.15, -0.1) is 0 Å². The van der Waals surface area contributed by atoms with Gasteiger partial charge in [-0.2, -0.15) is 5.10 Å². The minimum absolute atomic E-state index is 0.157. The molecule has 1 aliphatic heterocycles. The van der Waals surface area contributed by atoms with Gasteiger partial charge in [-0.05, 0) is 31.3 Å². The van der Waals surface area contributed by atoms with Gasteiger partial charge in [-0.25, -0.2) is 9.67 Å². The smallest absolute Gasteiger partial charge is 0.233 e. The number of likely N-dealkylation sites (N-methyl/N-ethyl adjacent to an activating group) is 1. The molecule has 0 bridgehead atoms. The number of halogens is 1. The van der Waals surface area contributed by atoms with Crippen molar-refractivity contribution in [1.29, 1.82) is 0 Å². The number of hydrogen-bond acceptors (Lipinski definition) is 5. The molecule has 1 amide bonds. The van der Waals surface area contributed by atoms with Crippen LogP contribution in [-0.2, 0) is 11.8 Å². The zero-order valence-corrected chi connectivity index (χ0v) is 15.3. The molecular weight excluding hydrogens is 346 g/mol. The summed E-state index contributed by atoms with van der Waals surface area (Å²) in [5.74, 6) is 1.18. The van der Waals surface area contributed by atoms with E-state index in [9.17, 15) is 4.79 Å². The predicted octanol–water partition coefficient (Wildman–Crippen LogP) is 2.00. The van der Waals surface area contributed by atoms with E-state index in [0.29, 0.717) is 16.6 Å². The number of thioether (sulfide) groups is 1. The summed E-state index contributed by atoms with van der Waals surface area (Å²) < 4.78 is 1.71. The van der Waals surface area contributed by atoms with Crippen LogP contribution in [-0.4, -0.2) is 69.5 Å². The van der Waals surface area contributed by atoms with E-state index in [4.69, 9.17) is 11.6 Å². The van der Waals surface area contributed by atoms with Crippen LogP contribution in [0.4, 0.5) is 0 Å². The molecule has 8 heteroatoms. The zero-order chi connectivity index (χ0) is 17.1. The van der Waals surface area contributed by atoms with Crippen LogP contribution < -0.4 is 0 Å². The van der Waals surface area contributed by atoms with Crippen LogP contribution in [0, 0.1) is 0 Å². The quantitative estimate of drug-likeness (QED) is 0.776. The van der Waals surface area contributed by atoms with Crippen LogP contribution >= 0.6 is 23.4 Å². The van der Waals surface area contributed by atoms with Gasteiger partial charge in [0.15, 0.2) is 11.0 Å². The molecule has 0 N–H and O–H groups in total. The Morgan fingerprint density at radius 1 is 1.17 bits per heavy atom. The molecule has 0 atom stereocenters. The van der Waals surface area contributed by atoms with Crippen molar-refractivity contribution in [3.8, 4) is 11.4 Å². The summed E-state index contributed by atoms with van der Waals surface area (Å²) in [6.07, 6.45) is 0. The topological polar surface area (TPSA) is 54.3 Å². The molecule has 1 fully saturated rings. The third kappa shape index (κ3) is 4.09. The molecule has 3 rings (SSSR count). The van der Waals surface area contributed by atoms with E-state index in [2.05, 4.69) is 22.0 Å². The lowest BCUT2D eigenvalue weighted by Crippen LogP contribution is -2.47. The highest BCUT2D eigenvalue weighted by Crippen LogP contribution is 2.22. The molecule has 2 aromatic rings. The highest BCUT2D eigenvalue weighted by Gasteiger charge is 2.20. The van der Waals surface area contributed by atoms with Crippen LogP contribution in [0.5, 0.6) is 0 Å². The minimum atomic E-state index is 0.157. The maximum Gasteiger partial charge on any atom is 0.233 e. The number of amides is 1. The number of carbonyl (C=O) groups is 1. The van der Waals surface area contributed by atoms with Crippen LogP contribution in [0.15, 0.2) is 29.4 Å². The number of rotatable bonds is 4. The number of benzene rings is 1. The number of nitrogens with zero attached hydrogens (tertiary/aromatic N) is 5. The monoisotopic (exact) mass is 365 g/mol. The van der Waals surface area contributed by atoms with Crippen LogP contribution in [0.1, 0.15) is 0 Å². The first-order valence-electron chi connectivity index (χ1n) is 7.79. The van der Waals surface area contributed by atoms with Crippen molar-refractivity contribution in [2.24, 2.45) is 7.05 Å². The van der Waals surface area contributed by atoms with Gasteiger partial charge in [0, 0.05) is 43.8 Å². The largest absolute Gasteiger partial charge is 0.339 e. The maximum absolute atomic E-state index is 12.3. The Hall–Kier alpha value is -1.57. The fourth-order valence-corrected chi connectivity index (χ4v) is 3.43. The van der Waals surface area contributed by atoms with Gasteiger partial charge < -0.3 is 9.80 Å². The first-order chi connectivity index (χ1) is 11.5. The van der Waals surface area contributed by atoms with Crippen molar-refractivity contribution in [1.82, 2.24) is 24.6 Å². The standard InChI is InChI=1S/C16H20ClN5OS/c1-20-7-9-22(10-8-20)14(23)11-24-16-18-15(19-21(16)2)12-3-5-13(17)6-4-12/h3-6H,7-11H2,1-2H3. The third-order valence-electron chi connectivity index (χ3n) is 4.01. The van der Waals surface area contributed by atoms with E-state index in [1.807, 2.05) is 36.2 Å². The Bertz CT molecular complexity index is 710. The lowest BCUT2D eigenvalue weighted by molar-refractivity contribution is -0.129. The van der Waals surface area contributed by atoms with E-state index in [0.717, 1.165) is 36.9 Å². The van der Waals surface area contributed by atoms with Gasteiger partial charge in [0.1, 0.15) is 0 Å². The van der Waals surface area contributed by atoms with Crippen molar-refractivity contribution in [3.63, 3.8) is 0 Å². The summed E-state index contributed by atoms with van der Waals surface area (Å²) in [5, 5.41) is 5.84. The fraction of sp³-hybridized carbons (Fsp3) is 0.438. The first-order valence-corrected chi connectivity index (χ1v) is 9.15. The predicted molar refractivity (Wildman–Crippen MR) is 96.3 cm³/mol. The van der Waals surface area contributed by atoms with Crippen LogP contribution in [0.2, 0.25) is 5.02 Å². The van der Waals surface area contributed by atoms with E-state index >= 15 is 0 Å². The molecular formula is C16H20ClN5OS. The number of piperazine rings is 1. The first kappa shape index (κ1) is 17.3. The second-order valence-corrected chi connectivity index (χ2v) is 7.20. The van der Waals surface area contributed by atoms with Crippen LogP contribution in [0.3, 0.4) is 0 Å². The highest BCUT2D eigenvalue weighted by atomic mass is 35.5. The molecule has 0 unspecified atom stereocenters. The molecule has 0 spiro atoms. The third-order valence-corrected chi connectivity index (χ3v) is 5.26. The van der Waals surface area contributed by atoms with Crippen molar-refractivity contribution in [3.05, 3.63) is 29.3 Å². The summed E-state index contributed by atoms with van der Waals surface area (Å²) in [4.78, 5) is 21.0. The van der Waals surface area contributed by atoms with Crippen molar-refractivity contribution in [2.75, 3.05) is 39.0 Å². The Kier molecular flexibility index (Phi) is 5.43. The molecule has 128 valence electrons. The van der Waals surface area contributed by atoms with Gasteiger partial charge in [0.05, 0.1) is 5.75 Å². The van der Waals surface area contributed by atoms with Gasteiger partial charge in [0.25, 0.3) is 0 Å². The highest BCUT2D eigenvalue weighted by molar-refractivity contribution is 7.99. The molecule has 1 aromatic heterocycles. The molecule has 6 nitrogen and oxygen atoms in total. The average Bonchev–Trinajstić information content (AvgIpc) is 2.95. The summed E-state index contributed by atoms with van der Waals surface area (Å²) in [6, 6.07) is 7.41. The lowest BCUT2D eigenvalue weighted by Gasteiger charge is -2.32. The Morgan fingerprint density at radius 3 is 2.50 bits per heavy atom. The lowest BCUT2D eigenvalue weighted by atomic mass is 10.2. The van der Waals surface area contributed by atoms with E-state index in [1.54, 1.807) is 4.68 Å². The second kappa shape index (κ2) is 7.55. The second-order valence-electron chi connectivity index (χ2n) is 5.82. The molecule has 1 aliphatic rings. The Morgan fingerprint density at radius 2 is 1.83 bits per heavy atom. The average molecular weight is 366 g/mol.